The minimum atomic E-state index is -0.308. The van der Waals surface area contributed by atoms with E-state index < -0.39 is 0 Å². The number of hydrogen-bond acceptors (Lipinski definition) is 4. The molecule has 3 heterocycles. The van der Waals surface area contributed by atoms with E-state index in [1.165, 1.54) is 0 Å². The van der Waals surface area contributed by atoms with E-state index >= 15 is 0 Å². The zero-order chi connectivity index (χ0) is 18.5. The molecule has 2 N–H and O–H groups in total. The molecule has 0 bridgehead atoms. The third kappa shape index (κ3) is 3.67. The summed E-state index contributed by atoms with van der Waals surface area (Å²) in [5.41, 5.74) is 6.33. The van der Waals surface area contributed by atoms with Crippen molar-refractivity contribution in [2.45, 2.75) is 0 Å². The van der Waals surface area contributed by atoms with Crippen molar-refractivity contribution in [3.63, 3.8) is 0 Å². The molecule has 1 aromatic carbocycles. The topological polar surface area (TPSA) is 88.0 Å². The molecule has 7 nitrogen and oxygen atoms in total. The van der Waals surface area contributed by atoms with Crippen molar-refractivity contribution >= 4 is 12.1 Å². The van der Waals surface area contributed by atoms with Crippen LogP contribution in [0.4, 0.5) is 0 Å². The Morgan fingerprint density at radius 3 is 2.63 bits per heavy atom. The van der Waals surface area contributed by atoms with Crippen LogP contribution < -0.4 is 5.43 Å². The predicted octanol–water partition coefficient (Wildman–Crippen LogP) is 3.03. The van der Waals surface area contributed by atoms with Gasteiger partial charge in [0.1, 0.15) is 11.4 Å². The van der Waals surface area contributed by atoms with Crippen LogP contribution in [0.15, 0.2) is 84.5 Å². The number of benzene rings is 1. The Morgan fingerprint density at radius 2 is 1.89 bits per heavy atom. The molecule has 27 heavy (non-hydrogen) atoms. The summed E-state index contributed by atoms with van der Waals surface area (Å²) in [6, 6.07) is 17.0. The fourth-order valence-corrected chi connectivity index (χ4v) is 2.62. The molecule has 0 aliphatic rings. The standard InChI is InChI=1S/C20H16N6O/c27-20(18-7-4-10-22-18)24-23-13-16-14-26(17-5-2-1-3-6-17)25-19(16)15-8-11-21-12-9-15/h1-14,22H,(H,24,27)/b23-13-. The number of hydrazone groups is 1. The van der Waals surface area contributed by atoms with Gasteiger partial charge in [0.2, 0.25) is 0 Å². The van der Waals surface area contributed by atoms with Gasteiger partial charge in [-0.05, 0) is 36.4 Å². The van der Waals surface area contributed by atoms with Crippen molar-refractivity contribution in [3.8, 4) is 16.9 Å². The number of hydrogen-bond donors (Lipinski definition) is 2. The average molecular weight is 356 g/mol. The van der Waals surface area contributed by atoms with Crippen molar-refractivity contribution in [1.29, 1.82) is 0 Å². The lowest BCUT2D eigenvalue weighted by atomic mass is 10.1. The largest absolute Gasteiger partial charge is 0.357 e. The Hall–Kier alpha value is -4.00. The minimum absolute atomic E-state index is 0.308. The van der Waals surface area contributed by atoms with E-state index in [9.17, 15) is 4.79 Å². The van der Waals surface area contributed by atoms with Crippen LogP contribution in [0, 0.1) is 0 Å². The summed E-state index contributed by atoms with van der Waals surface area (Å²) in [6.45, 7) is 0. The highest BCUT2D eigenvalue weighted by atomic mass is 16.2. The summed E-state index contributed by atoms with van der Waals surface area (Å²) >= 11 is 0. The fraction of sp³-hybridized carbons (Fsp3) is 0. The van der Waals surface area contributed by atoms with Crippen molar-refractivity contribution < 1.29 is 4.79 Å². The van der Waals surface area contributed by atoms with E-state index in [4.69, 9.17) is 0 Å². The Kier molecular flexibility index (Phi) is 4.57. The summed E-state index contributed by atoms with van der Waals surface area (Å²) in [6.07, 6.45) is 8.57. The van der Waals surface area contributed by atoms with Crippen LogP contribution in [0.5, 0.6) is 0 Å². The van der Waals surface area contributed by atoms with Crippen LogP contribution in [0.3, 0.4) is 0 Å². The van der Waals surface area contributed by atoms with Gasteiger partial charge in [-0.1, -0.05) is 18.2 Å². The molecule has 0 radical (unpaired) electrons. The maximum Gasteiger partial charge on any atom is 0.287 e. The molecular formula is C20H16N6O. The number of carbonyl (C=O) groups is 1. The molecule has 3 aromatic heterocycles. The molecule has 0 aliphatic heterocycles. The second-order valence-electron chi connectivity index (χ2n) is 5.73. The van der Waals surface area contributed by atoms with Gasteiger partial charge in [-0.2, -0.15) is 10.2 Å². The lowest BCUT2D eigenvalue weighted by Crippen LogP contribution is -2.17. The smallest absolute Gasteiger partial charge is 0.287 e. The van der Waals surface area contributed by atoms with E-state index in [2.05, 4.69) is 25.6 Å². The van der Waals surface area contributed by atoms with Gasteiger partial charge in [0.05, 0.1) is 11.9 Å². The quantitative estimate of drug-likeness (QED) is 0.426. The predicted molar refractivity (Wildman–Crippen MR) is 103 cm³/mol. The number of nitrogens with one attached hydrogen (secondary N) is 2. The Balaban J connectivity index is 1.65. The third-order valence-corrected chi connectivity index (χ3v) is 3.93. The number of aromatic nitrogens is 4. The normalized spacial score (nSPS) is 11.0. The maximum absolute atomic E-state index is 12.0. The highest BCUT2D eigenvalue weighted by molar-refractivity contribution is 5.94. The van der Waals surface area contributed by atoms with Gasteiger partial charge in [-0.15, -0.1) is 0 Å². The van der Waals surface area contributed by atoms with Crippen LogP contribution in [0.2, 0.25) is 0 Å². The summed E-state index contributed by atoms with van der Waals surface area (Å²) in [5, 5.41) is 8.75. The molecule has 0 aliphatic carbocycles. The number of nitrogens with zero attached hydrogens (tertiary/aromatic N) is 4. The van der Waals surface area contributed by atoms with Gasteiger partial charge in [0.25, 0.3) is 5.91 Å². The van der Waals surface area contributed by atoms with Gasteiger partial charge >= 0.3 is 0 Å². The van der Waals surface area contributed by atoms with E-state index in [0.717, 1.165) is 22.5 Å². The molecule has 7 heteroatoms. The van der Waals surface area contributed by atoms with Crippen LogP contribution in [0.1, 0.15) is 16.1 Å². The Labute approximate surface area is 155 Å². The van der Waals surface area contributed by atoms with Crippen molar-refractivity contribution in [1.82, 2.24) is 25.2 Å². The molecule has 0 unspecified atom stereocenters. The van der Waals surface area contributed by atoms with Gasteiger partial charge < -0.3 is 4.98 Å². The maximum atomic E-state index is 12.0. The molecule has 0 saturated carbocycles. The van der Waals surface area contributed by atoms with E-state index in [1.54, 1.807) is 41.6 Å². The van der Waals surface area contributed by atoms with Crippen LogP contribution in [-0.4, -0.2) is 31.9 Å². The Morgan fingerprint density at radius 1 is 1.07 bits per heavy atom. The first kappa shape index (κ1) is 16.5. The van der Waals surface area contributed by atoms with Crippen molar-refractivity contribution in [3.05, 3.63) is 90.6 Å². The van der Waals surface area contributed by atoms with Crippen LogP contribution in [-0.2, 0) is 0 Å². The van der Waals surface area contributed by atoms with Crippen molar-refractivity contribution in [2.75, 3.05) is 0 Å². The zero-order valence-corrected chi connectivity index (χ0v) is 14.3. The van der Waals surface area contributed by atoms with E-state index in [1.807, 2.05) is 48.7 Å². The highest BCUT2D eigenvalue weighted by Crippen LogP contribution is 2.21. The molecule has 1 amide bonds. The Bertz CT molecular complexity index is 1050. The van der Waals surface area contributed by atoms with Gasteiger partial charge in [0, 0.05) is 35.9 Å². The van der Waals surface area contributed by atoms with Crippen molar-refractivity contribution in [2.24, 2.45) is 5.10 Å². The zero-order valence-electron chi connectivity index (χ0n) is 14.3. The monoisotopic (exact) mass is 356 g/mol. The molecule has 0 saturated heterocycles. The molecule has 132 valence electrons. The van der Waals surface area contributed by atoms with E-state index in [-0.39, 0.29) is 5.91 Å². The number of rotatable bonds is 5. The minimum Gasteiger partial charge on any atom is -0.357 e. The molecule has 4 aromatic rings. The highest BCUT2D eigenvalue weighted by Gasteiger charge is 2.11. The molecule has 0 spiro atoms. The third-order valence-electron chi connectivity index (χ3n) is 3.93. The molecule has 0 atom stereocenters. The van der Waals surface area contributed by atoms with E-state index in [0.29, 0.717) is 5.69 Å². The molecular weight excluding hydrogens is 340 g/mol. The first-order valence-corrected chi connectivity index (χ1v) is 8.33. The lowest BCUT2D eigenvalue weighted by molar-refractivity contribution is 0.0951. The first-order chi connectivity index (χ1) is 13.3. The summed E-state index contributed by atoms with van der Waals surface area (Å²) < 4.78 is 1.78. The SMILES string of the molecule is O=C(N/N=C\c1cn(-c2ccccc2)nc1-c1ccncc1)c1ccc[nH]1. The summed E-state index contributed by atoms with van der Waals surface area (Å²) in [4.78, 5) is 18.9. The molecule has 0 fully saturated rings. The van der Waals surface area contributed by atoms with Gasteiger partial charge in [-0.25, -0.2) is 10.1 Å². The van der Waals surface area contributed by atoms with Crippen LogP contribution >= 0.6 is 0 Å². The first-order valence-electron chi connectivity index (χ1n) is 8.33. The van der Waals surface area contributed by atoms with Gasteiger partial charge in [0.15, 0.2) is 0 Å². The number of para-hydroxylation sites is 1. The second kappa shape index (κ2) is 7.49. The number of H-pyrrole nitrogens is 1. The summed E-state index contributed by atoms with van der Waals surface area (Å²) in [5.74, 6) is -0.308. The number of carbonyl (C=O) groups excluding carboxylic acids is 1. The van der Waals surface area contributed by atoms with Gasteiger partial charge in [-0.3, -0.25) is 9.78 Å². The second-order valence-corrected chi connectivity index (χ2v) is 5.73. The number of pyridine rings is 1. The summed E-state index contributed by atoms with van der Waals surface area (Å²) in [7, 11) is 0. The lowest BCUT2D eigenvalue weighted by Gasteiger charge is -2.00. The number of aromatic amines is 1. The average Bonchev–Trinajstić information content (AvgIpc) is 3.40. The number of amides is 1. The van der Waals surface area contributed by atoms with Crippen LogP contribution in [0.25, 0.3) is 16.9 Å². The fourth-order valence-electron chi connectivity index (χ4n) is 2.62. The molecule has 4 rings (SSSR count).